The minimum atomic E-state index is 0.163. The van der Waals surface area contributed by atoms with Crippen LogP contribution < -0.4 is 0 Å². The molecule has 1 aromatic heterocycles. The lowest BCUT2D eigenvalue weighted by Crippen LogP contribution is -2.23. The summed E-state index contributed by atoms with van der Waals surface area (Å²) in [6.07, 6.45) is 3.98. The van der Waals surface area contributed by atoms with Crippen LogP contribution in [0.4, 0.5) is 0 Å². The summed E-state index contributed by atoms with van der Waals surface area (Å²) in [6, 6.07) is 8.39. The summed E-state index contributed by atoms with van der Waals surface area (Å²) in [5.41, 5.74) is 4.70. The van der Waals surface area contributed by atoms with Gasteiger partial charge in [-0.15, -0.1) is 0 Å². The summed E-state index contributed by atoms with van der Waals surface area (Å²) in [5, 5.41) is 4.37. The maximum atomic E-state index is 5.70. The number of likely N-dealkylation sites (tertiary alicyclic amines) is 1. The van der Waals surface area contributed by atoms with Crippen LogP contribution in [0.5, 0.6) is 0 Å². The van der Waals surface area contributed by atoms with Gasteiger partial charge in [-0.05, 0) is 19.4 Å². The molecule has 0 N–H and O–H groups in total. The van der Waals surface area contributed by atoms with E-state index in [9.17, 15) is 0 Å². The van der Waals surface area contributed by atoms with Gasteiger partial charge >= 0.3 is 0 Å². The molecule has 0 spiro atoms. The number of benzene rings is 1. The van der Waals surface area contributed by atoms with Gasteiger partial charge in [-0.2, -0.15) is 0 Å². The highest BCUT2D eigenvalue weighted by Crippen LogP contribution is 2.31. The van der Waals surface area contributed by atoms with E-state index in [0.29, 0.717) is 5.92 Å². The molecular formula is C18H20N4O. The van der Waals surface area contributed by atoms with Gasteiger partial charge in [0.15, 0.2) is 0 Å². The van der Waals surface area contributed by atoms with Crippen LogP contribution in [0.3, 0.4) is 0 Å². The largest absolute Gasteiger partial charge is 0.390 e. The van der Waals surface area contributed by atoms with Crippen LogP contribution in [0.1, 0.15) is 22.5 Å². The minimum absolute atomic E-state index is 0.163. The summed E-state index contributed by atoms with van der Waals surface area (Å²) in [7, 11) is 0. The third-order valence-corrected chi connectivity index (χ3v) is 4.64. The molecule has 1 aromatic carbocycles. The first-order chi connectivity index (χ1) is 11.2. The highest BCUT2D eigenvalue weighted by molar-refractivity contribution is 6.04. The molecule has 0 saturated carbocycles. The number of hydrogen-bond donors (Lipinski definition) is 0. The number of hydrogen-bond acceptors (Lipinski definition) is 5. The monoisotopic (exact) mass is 308 g/mol. The molecule has 0 amide bonds. The van der Waals surface area contributed by atoms with E-state index in [2.05, 4.69) is 51.2 Å². The van der Waals surface area contributed by atoms with Crippen molar-refractivity contribution in [2.45, 2.75) is 26.5 Å². The molecule has 0 aliphatic carbocycles. The van der Waals surface area contributed by atoms with Crippen LogP contribution in [0.25, 0.3) is 0 Å². The standard InChI is InChI=1S/C18H20N4O/c1-12-5-3-4-6-15(12)18-16-10-22(11-17(16)23-21-18)9-14-7-19-13(2)20-8-14/h3-8,16-17H,9-11H2,1-2H3/t16-,17+/m0/s1. The zero-order valence-corrected chi connectivity index (χ0v) is 13.4. The first-order valence-corrected chi connectivity index (χ1v) is 8.00. The summed E-state index contributed by atoms with van der Waals surface area (Å²) in [5.74, 6) is 1.16. The minimum Gasteiger partial charge on any atom is -0.390 e. The van der Waals surface area contributed by atoms with Crippen molar-refractivity contribution in [3.8, 4) is 0 Å². The van der Waals surface area contributed by atoms with Gasteiger partial charge in [0.1, 0.15) is 11.9 Å². The Labute approximate surface area is 136 Å². The van der Waals surface area contributed by atoms with E-state index in [1.807, 2.05) is 19.3 Å². The number of nitrogens with zero attached hydrogens (tertiary/aromatic N) is 4. The van der Waals surface area contributed by atoms with Gasteiger partial charge in [-0.1, -0.05) is 29.4 Å². The van der Waals surface area contributed by atoms with Crippen molar-refractivity contribution in [3.63, 3.8) is 0 Å². The van der Waals surface area contributed by atoms with E-state index in [1.165, 1.54) is 11.1 Å². The van der Waals surface area contributed by atoms with Crippen molar-refractivity contribution < 1.29 is 4.84 Å². The first kappa shape index (κ1) is 14.3. The summed E-state index contributed by atoms with van der Waals surface area (Å²) in [6.45, 7) is 6.76. The van der Waals surface area contributed by atoms with Crippen LogP contribution in [-0.4, -0.2) is 39.8 Å². The Morgan fingerprint density at radius 2 is 1.91 bits per heavy atom. The second-order valence-corrected chi connectivity index (χ2v) is 6.37. The first-order valence-electron chi connectivity index (χ1n) is 8.00. The maximum Gasteiger partial charge on any atom is 0.149 e. The molecule has 1 fully saturated rings. The molecular weight excluding hydrogens is 288 g/mol. The Bertz CT molecular complexity index is 741. The quantitative estimate of drug-likeness (QED) is 0.873. The van der Waals surface area contributed by atoms with Crippen LogP contribution in [0.15, 0.2) is 41.8 Å². The molecule has 5 nitrogen and oxygen atoms in total. The second-order valence-electron chi connectivity index (χ2n) is 6.37. The molecule has 2 aliphatic rings. The molecule has 2 aromatic rings. The number of aryl methyl sites for hydroxylation is 2. The number of fused-ring (bicyclic) bond motifs is 1. The smallest absolute Gasteiger partial charge is 0.149 e. The Balaban J connectivity index is 1.49. The Morgan fingerprint density at radius 3 is 2.70 bits per heavy atom. The predicted molar refractivity (Wildman–Crippen MR) is 88.1 cm³/mol. The van der Waals surface area contributed by atoms with E-state index in [-0.39, 0.29) is 6.10 Å². The molecule has 3 heterocycles. The third-order valence-electron chi connectivity index (χ3n) is 4.64. The molecule has 2 atom stereocenters. The van der Waals surface area contributed by atoms with Crippen LogP contribution >= 0.6 is 0 Å². The molecule has 1 saturated heterocycles. The fraction of sp³-hybridized carbons (Fsp3) is 0.389. The molecule has 118 valence electrons. The van der Waals surface area contributed by atoms with Crippen molar-refractivity contribution in [1.82, 2.24) is 14.9 Å². The summed E-state index contributed by atoms with van der Waals surface area (Å²) < 4.78 is 0. The van der Waals surface area contributed by atoms with Crippen LogP contribution in [-0.2, 0) is 11.4 Å². The number of oxime groups is 1. The zero-order valence-electron chi connectivity index (χ0n) is 13.4. The number of rotatable bonds is 3. The molecule has 4 rings (SSSR count). The van der Waals surface area contributed by atoms with Crippen molar-refractivity contribution in [2.24, 2.45) is 11.1 Å². The van der Waals surface area contributed by atoms with Crippen molar-refractivity contribution >= 4 is 5.71 Å². The normalized spacial score (nSPS) is 23.5. The Hall–Kier alpha value is -2.27. The van der Waals surface area contributed by atoms with Crippen molar-refractivity contribution in [1.29, 1.82) is 0 Å². The molecule has 0 radical (unpaired) electrons. The van der Waals surface area contributed by atoms with Gasteiger partial charge in [0, 0.05) is 43.2 Å². The summed E-state index contributed by atoms with van der Waals surface area (Å²) >= 11 is 0. The molecule has 0 bridgehead atoms. The highest BCUT2D eigenvalue weighted by atomic mass is 16.6. The molecule has 5 heteroatoms. The fourth-order valence-electron chi connectivity index (χ4n) is 3.41. The lowest BCUT2D eigenvalue weighted by atomic mass is 9.92. The topological polar surface area (TPSA) is 50.6 Å². The molecule has 2 aliphatic heterocycles. The predicted octanol–water partition coefficient (Wildman–Crippen LogP) is 2.33. The van der Waals surface area contributed by atoms with Crippen LogP contribution in [0.2, 0.25) is 0 Å². The SMILES string of the molecule is Cc1ncc(CN2C[C@@H]3C(c4ccccc4C)=NO[C@@H]3C2)cn1. The van der Waals surface area contributed by atoms with Gasteiger partial charge < -0.3 is 4.84 Å². The lowest BCUT2D eigenvalue weighted by molar-refractivity contribution is 0.0745. The fourth-order valence-corrected chi connectivity index (χ4v) is 3.41. The van der Waals surface area contributed by atoms with E-state index in [0.717, 1.165) is 36.7 Å². The third kappa shape index (κ3) is 2.72. The zero-order chi connectivity index (χ0) is 15.8. The highest BCUT2D eigenvalue weighted by Gasteiger charge is 2.42. The van der Waals surface area contributed by atoms with E-state index >= 15 is 0 Å². The Morgan fingerprint density at radius 1 is 1.13 bits per heavy atom. The average Bonchev–Trinajstić information content (AvgIpc) is 3.10. The van der Waals surface area contributed by atoms with Crippen molar-refractivity contribution in [3.05, 3.63) is 59.2 Å². The molecule has 0 unspecified atom stereocenters. The van der Waals surface area contributed by atoms with E-state index in [4.69, 9.17) is 4.84 Å². The van der Waals surface area contributed by atoms with Crippen molar-refractivity contribution in [2.75, 3.05) is 13.1 Å². The second kappa shape index (κ2) is 5.74. The van der Waals surface area contributed by atoms with Gasteiger partial charge in [0.2, 0.25) is 0 Å². The van der Waals surface area contributed by atoms with Gasteiger partial charge in [0.05, 0.1) is 11.6 Å². The van der Waals surface area contributed by atoms with E-state index < -0.39 is 0 Å². The Kier molecular flexibility index (Phi) is 3.58. The number of aromatic nitrogens is 2. The summed E-state index contributed by atoms with van der Waals surface area (Å²) in [4.78, 5) is 16.6. The van der Waals surface area contributed by atoms with E-state index in [1.54, 1.807) is 0 Å². The average molecular weight is 308 g/mol. The van der Waals surface area contributed by atoms with Gasteiger partial charge in [-0.3, -0.25) is 4.90 Å². The maximum absolute atomic E-state index is 5.70. The van der Waals surface area contributed by atoms with Gasteiger partial charge in [-0.25, -0.2) is 9.97 Å². The van der Waals surface area contributed by atoms with Crippen LogP contribution in [0, 0.1) is 19.8 Å². The lowest BCUT2D eigenvalue weighted by Gasteiger charge is -2.16. The van der Waals surface area contributed by atoms with Gasteiger partial charge in [0.25, 0.3) is 0 Å². The molecule has 23 heavy (non-hydrogen) atoms.